The maximum absolute atomic E-state index is 12.3. The van der Waals surface area contributed by atoms with E-state index in [1.54, 1.807) is 5.43 Å². The van der Waals surface area contributed by atoms with Crippen molar-refractivity contribution in [1.29, 1.82) is 0 Å². The van der Waals surface area contributed by atoms with Gasteiger partial charge in [0.2, 0.25) is 0 Å². The molecule has 0 atom stereocenters. The summed E-state index contributed by atoms with van der Waals surface area (Å²) in [6.07, 6.45) is -4.18. The number of fused-ring (bicyclic) bond motifs is 1. The number of carbonyl (C=O) groups excluding carboxylic acids is 2. The van der Waals surface area contributed by atoms with Crippen molar-refractivity contribution in [2.75, 3.05) is 0 Å². The van der Waals surface area contributed by atoms with Crippen LogP contribution in [0.3, 0.4) is 0 Å². The third-order valence-corrected chi connectivity index (χ3v) is 2.59. The van der Waals surface area contributed by atoms with Gasteiger partial charge in [-0.2, -0.15) is 17.9 Å². The molecule has 0 radical (unpaired) electrons. The second kappa shape index (κ2) is 5.22. The summed E-state index contributed by atoms with van der Waals surface area (Å²) in [5.74, 6) is 1.46. The molecule has 0 aliphatic heterocycles. The van der Waals surface area contributed by atoms with E-state index in [0.29, 0.717) is 4.73 Å². The van der Waals surface area contributed by atoms with Crippen molar-refractivity contribution in [3.63, 3.8) is 0 Å². The van der Waals surface area contributed by atoms with Gasteiger partial charge in [-0.25, -0.2) is 15.6 Å². The lowest BCUT2D eigenvalue weighted by Crippen LogP contribution is -2.37. The van der Waals surface area contributed by atoms with E-state index in [2.05, 4.69) is 9.82 Å². The normalized spacial score (nSPS) is 11.5. The molecule has 2 rings (SSSR count). The zero-order valence-corrected chi connectivity index (χ0v) is 10.7. The molecule has 2 aromatic heterocycles. The van der Waals surface area contributed by atoms with E-state index in [4.69, 9.17) is 17.4 Å². The van der Waals surface area contributed by atoms with Gasteiger partial charge in [-0.1, -0.05) is 11.6 Å². The number of nitrogens with one attached hydrogen (secondary N) is 1. The summed E-state index contributed by atoms with van der Waals surface area (Å²) in [6.45, 7) is 0. The van der Waals surface area contributed by atoms with E-state index < -0.39 is 23.7 Å². The number of nitrogens with zero attached hydrogens (tertiary/aromatic N) is 2. The van der Waals surface area contributed by atoms with Crippen LogP contribution in [-0.4, -0.2) is 27.8 Å². The highest BCUT2D eigenvalue weighted by atomic mass is 35.5. The zero-order chi connectivity index (χ0) is 15.8. The van der Waals surface area contributed by atoms with Gasteiger partial charge in [-0.15, -0.1) is 0 Å². The van der Waals surface area contributed by atoms with Gasteiger partial charge in [-0.05, 0) is 12.1 Å². The maximum atomic E-state index is 12.3. The highest BCUT2D eigenvalue weighted by Gasteiger charge is 2.42. The van der Waals surface area contributed by atoms with E-state index in [1.165, 1.54) is 6.07 Å². The van der Waals surface area contributed by atoms with Crippen molar-refractivity contribution in [3.8, 4) is 0 Å². The maximum Gasteiger partial charge on any atom is 0.493 e. The Hall–Kier alpha value is -2.33. The SMILES string of the molecule is NNC(=O)c1cc2cc(Cl)ncc2n1OC(=O)C(F)(F)F. The summed E-state index contributed by atoms with van der Waals surface area (Å²) < 4.78 is 37.2. The average molecular weight is 323 g/mol. The van der Waals surface area contributed by atoms with E-state index in [9.17, 15) is 22.8 Å². The molecule has 0 spiro atoms. The Kier molecular flexibility index (Phi) is 3.75. The van der Waals surface area contributed by atoms with Gasteiger partial charge in [0.05, 0.1) is 6.20 Å². The number of hydrogen-bond acceptors (Lipinski definition) is 5. The molecule has 0 saturated heterocycles. The van der Waals surface area contributed by atoms with E-state index in [1.807, 2.05) is 0 Å². The predicted octanol–water partition coefficient (Wildman–Crippen LogP) is 0.811. The fourth-order valence-electron chi connectivity index (χ4n) is 1.52. The van der Waals surface area contributed by atoms with Crippen LogP contribution in [0.2, 0.25) is 5.15 Å². The molecule has 1 amide bonds. The number of halogens is 4. The van der Waals surface area contributed by atoms with Crippen LogP contribution in [0, 0.1) is 0 Å². The van der Waals surface area contributed by atoms with E-state index >= 15 is 0 Å². The number of nitrogens with two attached hydrogens (primary N) is 1. The van der Waals surface area contributed by atoms with Crippen molar-refractivity contribution >= 4 is 34.4 Å². The van der Waals surface area contributed by atoms with Crippen molar-refractivity contribution in [2.45, 2.75) is 6.18 Å². The van der Waals surface area contributed by atoms with Gasteiger partial charge in [0, 0.05) is 5.39 Å². The van der Waals surface area contributed by atoms with Crippen LogP contribution in [0.5, 0.6) is 0 Å². The largest absolute Gasteiger partial charge is 0.493 e. The number of rotatable bonds is 2. The number of amides is 1. The Balaban J connectivity index is 2.58. The van der Waals surface area contributed by atoms with Gasteiger partial charge in [0.25, 0.3) is 5.91 Å². The molecule has 2 heterocycles. The minimum atomic E-state index is -5.23. The number of nitrogen functional groups attached to an aromatic ring is 1. The van der Waals surface area contributed by atoms with Crippen molar-refractivity contribution in [1.82, 2.24) is 15.1 Å². The molecule has 0 fully saturated rings. The van der Waals surface area contributed by atoms with Crippen LogP contribution in [0.1, 0.15) is 10.5 Å². The van der Waals surface area contributed by atoms with Crippen LogP contribution in [0.15, 0.2) is 18.3 Å². The Morgan fingerprint density at radius 2 is 2.05 bits per heavy atom. The Morgan fingerprint density at radius 3 is 2.62 bits per heavy atom. The summed E-state index contributed by atoms with van der Waals surface area (Å²) in [6, 6.07) is 2.43. The molecule has 0 aromatic carbocycles. The predicted molar refractivity (Wildman–Crippen MR) is 64.0 cm³/mol. The fourth-order valence-corrected chi connectivity index (χ4v) is 1.69. The monoisotopic (exact) mass is 322 g/mol. The minimum absolute atomic E-state index is 0.0431. The Morgan fingerprint density at radius 1 is 1.38 bits per heavy atom. The first kappa shape index (κ1) is 15.1. The van der Waals surface area contributed by atoms with Crippen LogP contribution in [0.25, 0.3) is 10.9 Å². The lowest BCUT2D eigenvalue weighted by Gasteiger charge is -2.10. The molecular weight excluding hydrogens is 317 g/mol. The van der Waals surface area contributed by atoms with Crippen molar-refractivity contribution in [2.24, 2.45) is 5.84 Å². The molecule has 11 heteroatoms. The van der Waals surface area contributed by atoms with Crippen molar-refractivity contribution < 1.29 is 27.6 Å². The molecule has 0 aliphatic rings. The van der Waals surface area contributed by atoms with E-state index in [-0.39, 0.29) is 16.1 Å². The number of hydrazine groups is 1. The average Bonchev–Trinajstić information content (AvgIpc) is 2.74. The molecule has 0 bridgehead atoms. The number of alkyl halides is 3. The molecule has 7 nitrogen and oxygen atoms in total. The first-order valence-corrected chi connectivity index (χ1v) is 5.59. The summed E-state index contributed by atoms with van der Waals surface area (Å²) >= 11 is 5.64. The third kappa shape index (κ3) is 2.90. The number of carbonyl (C=O) groups is 2. The first-order valence-electron chi connectivity index (χ1n) is 5.21. The van der Waals surface area contributed by atoms with Crippen molar-refractivity contribution in [3.05, 3.63) is 29.2 Å². The van der Waals surface area contributed by atoms with E-state index in [0.717, 1.165) is 12.3 Å². The highest BCUT2D eigenvalue weighted by Crippen LogP contribution is 2.22. The number of pyridine rings is 1. The van der Waals surface area contributed by atoms with Gasteiger partial charge in [0.1, 0.15) is 16.4 Å². The minimum Gasteiger partial charge on any atom is -0.327 e. The molecule has 2 aromatic rings. The van der Waals surface area contributed by atoms with Gasteiger partial charge < -0.3 is 4.84 Å². The van der Waals surface area contributed by atoms with Crippen LogP contribution >= 0.6 is 11.6 Å². The molecule has 21 heavy (non-hydrogen) atoms. The molecule has 0 saturated carbocycles. The lowest BCUT2D eigenvalue weighted by molar-refractivity contribution is -0.199. The summed E-state index contributed by atoms with van der Waals surface area (Å²) in [5.41, 5.74) is 1.24. The Bertz CT molecular complexity index is 728. The zero-order valence-electron chi connectivity index (χ0n) is 9.94. The molecule has 3 N–H and O–H groups in total. The van der Waals surface area contributed by atoms with Crippen LogP contribution < -0.4 is 16.1 Å². The summed E-state index contributed by atoms with van der Waals surface area (Å²) in [5, 5.41) is 0.282. The van der Waals surface area contributed by atoms with Crippen LogP contribution in [0.4, 0.5) is 13.2 Å². The number of hydrogen-bond donors (Lipinski definition) is 2. The molecule has 0 aliphatic carbocycles. The Labute approximate surface area is 119 Å². The molecule has 0 unspecified atom stereocenters. The fraction of sp³-hybridized carbons (Fsp3) is 0.100. The second-order valence-corrected chi connectivity index (χ2v) is 4.13. The van der Waals surface area contributed by atoms with Gasteiger partial charge in [0.15, 0.2) is 0 Å². The highest BCUT2D eigenvalue weighted by molar-refractivity contribution is 6.30. The first-order chi connectivity index (χ1) is 9.74. The number of aromatic nitrogens is 2. The molecule has 112 valence electrons. The topological polar surface area (TPSA) is 99.2 Å². The summed E-state index contributed by atoms with van der Waals surface area (Å²) in [7, 11) is 0. The lowest BCUT2D eigenvalue weighted by atomic mass is 10.3. The third-order valence-electron chi connectivity index (χ3n) is 2.38. The quantitative estimate of drug-likeness (QED) is 0.369. The van der Waals surface area contributed by atoms with Gasteiger partial charge >= 0.3 is 12.1 Å². The van der Waals surface area contributed by atoms with Crippen LogP contribution in [-0.2, 0) is 4.79 Å². The van der Waals surface area contributed by atoms with Gasteiger partial charge in [-0.3, -0.25) is 10.2 Å². The second-order valence-electron chi connectivity index (χ2n) is 3.74. The molecular formula is C10H6ClF3N4O3. The summed E-state index contributed by atoms with van der Waals surface area (Å²) in [4.78, 5) is 30.3. The standard InChI is InChI=1S/C10H6ClF3N4O3/c11-7-2-4-1-5(8(19)17-15)18(6(4)3-16-7)21-9(20)10(12,13)14/h1-3H,15H2,(H,17,19). The smallest absolute Gasteiger partial charge is 0.327 e.